The van der Waals surface area contributed by atoms with Crippen LogP contribution in [0.4, 0.5) is 4.39 Å². The van der Waals surface area contributed by atoms with E-state index in [9.17, 15) is 14.0 Å². The molecule has 3 aromatic heterocycles. The summed E-state index contributed by atoms with van der Waals surface area (Å²) < 4.78 is 16.1. The topological polar surface area (TPSA) is 85.4 Å². The normalized spacial score (nSPS) is 14.0. The molecule has 4 aromatic rings. The van der Waals surface area contributed by atoms with Crippen LogP contribution in [-0.4, -0.2) is 54.7 Å². The number of carbonyl (C=O) groups excluding carboxylic acids is 1. The van der Waals surface area contributed by atoms with Gasteiger partial charge in [0, 0.05) is 48.8 Å². The van der Waals surface area contributed by atoms with E-state index in [2.05, 4.69) is 15.1 Å². The zero-order valence-electron chi connectivity index (χ0n) is 17.7. The monoisotopic (exact) mass is 432 g/mol. The molecule has 0 aliphatic carbocycles. The third-order valence-corrected chi connectivity index (χ3v) is 5.76. The molecule has 0 atom stereocenters. The van der Waals surface area contributed by atoms with Gasteiger partial charge in [0.2, 0.25) is 0 Å². The highest BCUT2D eigenvalue weighted by Gasteiger charge is 2.36. The van der Waals surface area contributed by atoms with Crippen LogP contribution in [0, 0.1) is 19.8 Å². The molecule has 162 valence electrons. The lowest BCUT2D eigenvalue weighted by Gasteiger charge is -2.37. The van der Waals surface area contributed by atoms with Gasteiger partial charge in [0.15, 0.2) is 5.65 Å². The zero-order valence-corrected chi connectivity index (χ0v) is 17.7. The van der Waals surface area contributed by atoms with Crippen LogP contribution in [-0.2, 0) is 0 Å². The largest absolute Gasteiger partial charge is 0.338 e. The number of fused-ring (bicyclic) bond motifs is 1. The molecule has 0 N–H and O–H groups in total. The van der Waals surface area contributed by atoms with Crippen LogP contribution in [0.3, 0.4) is 0 Å². The Bertz CT molecular complexity index is 1390. The number of benzene rings is 1. The Kier molecular flexibility index (Phi) is 4.80. The van der Waals surface area contributed by atoms with Crippen LogP contribution in [0.25, 0.3) is 22.7 Å². The Labute approximate surface area is 183 Å². The number of carbonyl (C=O) groups is 1. The van der Waals surface area contributed by atoms with Gasteiger partial charge in [0.05, 0.1) is 12.4 Å². The summed E-state index contributed by atoms with van der Waals surface area (Å²) in [5.41, 5.74) is 3.02. The molecule has 1 aliphatic rings. The molecular formula is C23H21FN6O2. The molecule has 0 unspecified atom stereocenters. The standard InChI is InChI=1S/C23H21FN6O2/c1-14-10-18(31)30-22(29(14)17-6-4-3-5-7-17)19(23(32)28-12-16(11-24)13-28)21(27-30)20-15(2)25-8-9-26-20/h3-10,16H,11-13H2,1-2H3. The lowest BCUT2D eigenvalue weighted by atomic mass is 9.99. The first kappa shape index (κ1) is 20.0. The molecule has 4 heterocycles. The minimum Gasteiger partial charge on any atom is -0.338 e. The fourth-order valence-electron chi connectivity index (χ4n) is 4.14. The second-order valence-corrected chi connectivity index (χ2v) is 7.97. The summed E-state index contributed by atoms with van der Waals surface area (Å²) in [5, 5.41) is 4.53. The van der Waals surface area contributed by atoms with Crippen molar-refractivity contribution in [3.8, 4) is 17.1 Å². The third kappa shape index (κ3) is 3.08. The first-order valence-electron chi connectivity index (χ1n) is 10.3. The second kappa shape index (κ2) is 7.67. The predicted octanol–water partition coefficient (Wildman–Crippen LogP) is 2.60. The van der Waals surface area contributed by atoms with Crippen molar-refractivity contribution in [1.82, 2.24) is 29.0 Å². The predicted molar refractivity (Wildman–Crippen MR) is 117 cm³/mol. The van der Waals surface area contributed by atoms with Crippen molar-refractivity contribution in [2.45, 2.75) is 13.8 Å². The molecule has 1 aliphatic heterocycles. The molecule has 5 rings (SSSR count). The lowest BCUT2D eigenvalue weighted by Crippen LogP contribution is -2.51. The average Bonchev–Trinajstić information content (AvgIpc) is 3.14. The van der Waals surface area contributed by atoms with Gasteiger partial charge in [-0.3, -0.25) is 28.5 Å². The van der Waals surface area contributed by atoms with Crippen LogP contribution in [0.15, 0.2) is 53.6 Å². The van der Waals surface area contributed by atoms with Crippen molar-refractivity contribution < 1.29 is 9.18 Å². The molecule has 0 spiro atoms. The number of para-hydroxylation sites is 1. The van der Waals surface area contributed by atoms with Gasteiger partial charge in [-0.15, -0.1) is 0 Å². The second-order valence-electron chi connectivity index (χ2n) is 7.97. The number of aromatic nitrogens is 5. The molecule has 0 bridgehead atoms. The van der Waals surface area contributed by atoms with Crippen LogP contribution < -0.4 is 5.56 Å². The van der Waals surface area contributed by atoms with Gasteiger partial charge in [-0.05, 0) is 26.0 Å². The highest BCUT2D eigenvalue weighted by Crippen LogP contribution is 2.31. The van der Waals surface area contributed by atoms with E-state index < -0.39 is 6.67 Å². The molecule has 1 amide bonds. The average molecular weight is 432 g/mol. The van der Waals surface area contributed by atoms with E-state index in [1.54, 1.807) is 18.0 Å². The summed E-state index contributed by atoms with van der Waals surface area (Å²) in [7, 11) is 0. The number of amides is 1. The Hall–Kier alpha value is -3.88. The number of halogens is 1. The third-order valence-electron chi connectivity index (χ3n) is 5.76. The number of likely N-dealkylation sites (tertiary alicyclic amines) is 1. The number of rotatable bonds is 4. The minimum atomic E-state index is -0.470. The molecule has 0 saturated carbocycles. The van der Waals surface area contributed by atoms with E-state index in [1.807, 2.05) is 41.8 Å². The van der Waals surface area contributed by atoms with Crippen molar-refractivity contribution in [3.63, 3.8) is 0 Å². The summed E-state index contributed by atoms with van der Waals surface area (Å²) in [4.78, 5) is 36.8. The van der Waals surface area contributed by atoms with Crippen LogP contribution in [0.2, 0.25) is 0 Å². The van der Waals surface area contributed by atoms with Crippen LogP contribution in [0.5, 0.6) is 0 Å². The Morgan fingerprint density at radius 3 is 2.50 bits per heavy atom. The van der Waals surface area contributed by atoms with E-state index in [1.165, 1.54) is 16.8 Å². The maximum atomic E-state index is 13.7. The summed E-state index contributed by atoms with van der Waals surface area (Å²) >= 11 is 0. The number of nitrogens with zero attached hydrogens (tertiary/aromatic N) is 6. The molecule has 1 saturated heterocycles. The molecule has 0 radical (unpaired) electrons. The SMILES string of the molecule is Cc1nccnc1-c1nn2c(=O)cc(C)n(-c3ccccc3)c2c1C(=O)N1CC(CF)C1. The van der Waals surface area contributed by atoms with Gasteiger partial charge in [-0.1, -0.05) is 18.2 Å². The molecule has 1 aromatic carbocycles. The van der Waals surface area contributed by atoms with Crippen molar-refractivity contribution >= 4 is 11.6 Å². The molecule has 32 heavy (non-hydrogen) atoms. The van der Waals surface area contributed by atoms with Crippen molar-refractivity contribution in [1.29, 1.82) is 0 Å². The highest BCUT2D eigenvalue weighted by atomic mass is 19.1. The number of alkyl halides is 1. The van der Waals surface area contributed by atoms with E-state index in [4.69, 9.17) is 0 Å². The summed E-state index contributed by atoms with van der Waals surface area (Å²) in [6.07, 6.45) is 3.09. The summed E-state index contributed by atoms with van der Waals surface area (Å²) in [6, 6.07) is 10.9. The lowest BCUT2D eigenvalue weighted by molar-refractivity contribution is 0.0455. The first-order chi connectivity index (χ1) is 15.5. The minimum absolute atomic E-state index is 0.166. The van der Waals surface area contributed by atoms with Gasteiger partial charge < -0.3 is 4.90 Å². The van der Waals surface area contributed by atoms with E-state index in [0.717, 1.165) is 5.69 Å². The van der Waals surface area contributed by atoms with Crippen LogP contribution in [0.1, 0.15) is 21.7 Å². The fraction of sp³-hybridized carbons (Fsp3) is 0.261. The van der Waals surface area contributed by atoms with Crippen molar-refractivity contribution in [2.24, 2.45) is 5.92 Å². The van der Waals surface area contributed by atoms with Crippen molar-refractivity contribution in [2.75, 3.05) is 19.8 Å². The Morgan fingerprint density at radius 2 is 1.81 bits per heavy atom. The van der Waals surface area contributed by atoms with Gasteiger partial charge in [-0.2, -0.15) is 9.61 Å². The zero-order chi connectivity index (χ0) is 22.4. The molecule has 9 heteroatoms. The maximum absolute atomic E-state index is 13.7. The van der Waals surface area contributed by atoms with Gasteiger partial charge in [0.25, 0.3) is 11.5 Å². The van der Waals surface area contributed by atoms with Gasteiger partial charge in [0.1, 0.15) is 17.0 Å². The van der Waals surface area contributed by atoms with Gasteiger partial charge >= 0.3 is 0 Å². The Morgan fingerprint density at radius 1 is 1.09 bits per heavy atom. The Balaban J connectivity index is 1.85. The first-order valence-corrected chi connectivity index (χ1v) is 10.3. The summed E-state index contributed by atoms with van der Waals surface area (Å²) in [5.74, 6) is -0.472. The smallest absolute Gasteiger partial charge is 0.274 e. The van der Waals surface area contributed by atoms with Crippen molar-refractivity contribution in [3.05, 3.63) is 76.1 Å². The number of aryl methyl sites for hydroxylation is 2. The van der Waals surface area contributed by atoms with Crippen LogP contribution >= 0.6 is 0 Å². The van der Waals surface area contributed by atoms with E-state index >= 15 is 0 Å². The number of hydrogen-bond acceptors (Lipinski definition) is 5. The molecular weight excluding hydrogens is 411 g/mol. The quantitative estimate of drug-likeness (QED) is 0.495. The summed E-state index contributed by atoms with van der Waals surface area (Å²) in [6.45, 7) is 3.77. The maximum Gasteiger partial charge on any atom is 0.274 e. The van der Waals surface area contributed by atoms with E-state index in [0.29, 0.717) is 35.8 Å². The molecule has 8 nitrogen and oxygen atoms in total. The van der Waals surface area contributed by atoms with Gasteiger partial charge in [-0.25, -0.2) is 0 Å². The van der Waals surface area contributed by atoms with E-state index in [-0.39, 0.29) is 28.6 Å². The number of hydrogen-bond donors (Lipinski definition) is 0. The highest BCUT2D eigenvalue weighted by molar-refractivity contribution is 6.06. The molecule has 1 fully saturated rings. The fourth-order valence-corrected chi connectivity index (χ4v) is 4.14.